The molecule has 1 nitrogen and oxygen atoms in total. The Hall–Kier alpha value is 0.0249. The van der Waals surface area contributed by atoms with Crippen LogP contribution in [0, 0.1) is 17.8 Å². The lowest BCUT2D eigenvalue weighted by Gasteiger charge is -2.19. The highest BCUT2D eigenvalue weighted by Crippen LogP contribution is 2.39. The van der Waals surface area contributed by atoms with Gasteiger partial charge in [-0.3, -0.25) is 0 Å². The van der Waals surface area contributed by atoms with Crippen LogP contribution in [-0.4, -0.2) is 19.1 Å². The third-order valence-electron chi connectivity index (χ3n) is 3.42. The first-order chi connectivity index (χ1) is 5.66. The summed E-state index contributed by atoms with van der Waals surface area (Å²) in [5.74, 6) is 1.86. The SMILES string of the molecule is [B]CCCC1C(O)CC(C)C1C. The van der Waals surface area contributed by atoms with Gasteiger partial charge >= 0.3 is 0 Å². The van der Waals surface area contributed by atoms with Crippen molar-refractivity contribution in [1.82, 2.24) is 0 Å². The van der Waals surface area contributed by atoms with Gasteiger partial charge in [0.1, 0.15) is 0 Å². The summed E-state index contributed by atoms with van der Waals surface area (Å²) in [7, 11) is 5.45. The van der Waals surface area contributed by atoms with Gasteiger partial charge in [-0.05, 0) is 30.6 Å². The second-order valence-corrected chi connectivity index (χ2v) is 4.23. The van der Waals surface area contributed by atoms with Crippen molar-refractivity contribution in [1.29, 1.82) is 0 Å². The Balaban J connectivity index is 2.40. The van der Waals surface area contributed by atoms with E-state index in [2.05, 4.69) is 13.8 Å². The summed E-state index contributed by atoms with van der Waals surface area (Å²) in [6.07, 6.45) is 3.82. The van der Waals surface area contributed by atoms with Crippen molar-refractivity contribution in [2.24, 2.45) is 17.8 Å². The normalized spacial score (nSPS) is 41.9. The van der Waals surface area contributed by atoms with Gasteiger partial charge in [0.25, 0.3) is 0 Å². The Morgan fingerprint density at radius 1 is 1.42 bits per heavy atom. The summed E-state index contributed by atoms with van der Waals surface area (Å²) < 4.78 is 0. The second kappa shape index (κ2) is 4.31. The topological polar surface area (TPSA) is 20.2 Å². The number of aliphatic hydroxyl groups is 1. The standard InChI is InChI=1S/C10H19BO/c1-7-6-10(12)9(8(7)2)4-3-5-11/h7-10,12H,3-6H2,1-2H3. The van der Waals surface area contributed by atoms with Gasteiger partial charge in [-0.15, -0.1) is 0 Å². The van der Waals surface area contributed by atoms with Crippen molar-refractivity contribution in [3.8, 4) is 0 Å². The molecule has 2 radical (unpaired) electrons. The van der Waals surface area contributed by atoms with E-state index in [4.69, 9.17) is 7.85 Å². The van der Waals surface area contributed by atoms with Gasteiger partial charge in [-0.1, -0.05) is 26.6 Å². The van der Waals surface area contributed by atoms with E-state index in [1.54, 1.807) is 0 Å². The fourth-order valence-corrected chi connectivity index (χ4v) is 2.35. The molecular formula is C10H19BO. The average molecular weight is 166 g/mol. The largest absolute Gasteiger partial charge is 0.393 e. The Bertz CT molecular complexity index is 138. The third kappa shape index (κ3) is 2.04. The molecule has 0 aromatic heterocycles. The minimum absolute atomic E-state index is 0.0680. The highest BCUT2D eigenvalue weighted by Gasteiger charge is 2.36. The molecular weight excluding hydrogens is 147 g/mol. The lowest BCUT2D eigenvalue weighted by Crippen LogP contribution is -2.17. The lowest BCUT2D eigenvalue weighted by atomic mass is 9.86. The Morgan fingerprint density at radius 2 is 2.08 bits per heavy atom. The van der Waals surface area contributed by atoms with Crippen LogP contribution in [0.25, 0.3) is 0 Å². The van der Waals surface area contributed by atoms with Gasteiger partial charge in [-0.2, -0.15) is 0 Å². The second-order valence-electron chi connectivity index (χ2n) is 4.23. The first-order valence-corrected chi connectivity index (χ1v) is 5.05. The molecule has 0 spiro atoms. The molecule has 0 saturated heterocycles. The maximum absolute atomic E-state index is 9.72. The van der Waals surface area contributed by atoms with E-state index in [9.17, 15) is 5.11 Å². The first-order valence-electron chi connectivity index (χ1n) is 5.05. The fourth-order valence-electron chi connectivity index (χ4n) is 2.35. The zero-order valence-electron chi connectivity index (χ0n) is 8.16. The van der Waals surface area contributed by atoms with Crippen molar-refractivity contribution in [3.63, 3.8) is 0 Å². The van der Waals surface area contributed by atoms with Crippen molar-refractivity contribution in [2.75, 3.05) is 0 Å². The molecule has 1 N–H and O–H groups in total. The van der Waals surface area contributed by atoms with E-state index >= 15 is 0 Å². The van der Waals surface area contributed by atoms with Crippen LogP contribution in [-0.2, 0) is 0 Å². The van der Waals surface area contributed by atoms with Gasteiger partial charge in [0.15, 0.2) is 0 Å². The smallest absolute Gasteiger partial charge is 0.0653 e. The molecule has 0 aromatic rings. The summed E-state index contributed by atoms with van der Waals surface area (Å²) >= 11 is 0. The molecule has 12 heavy (non-hydrogen) atoms. The summed E-state index contributed by atoms with van der Waals surface area (Å²) in [6.45, 7) is 4.48. The summed E-state index contributed by atoms with van der Waals surface area (Å²) in [5, 5.41) is 9.72. The number of rotatable bonds is 3. The van der Waals surface area contributed by atoms with Crippen molar-refractivity contribution in [3.05, 3.63) is 0 Å². The molecule has 0 aromatic carbocycles. The van der Waals surface area contributed by atoms with Crippen LogP contribution in [0.4, 0.5) is 0 Å². The van der Waals surface area contributed by atoms with Crippen molar-refractivity contribution in [2.45, 2.75) is 45.5 Å². The molecule has 0 heterocycles. The molecule has 1 aliphatic carbocycles. The van der Waals surface area contributed by atoms with Crippen LogP contribution in [0.5, 0.6) is 0 Å². The Kier molecular flexibility index (Phi) is 3.63. The van der Waals surface area contributed by atoms with Gasteiger partial charge in [0.05, 0.1) is 14.0 Å². The highest BCUT2D eigenvalue weighted by atomic mass is 16.3. The van der Waals surface area contributed by atoms with E-state index in [0.717, 1.165) is 25.6 Å². The molecule has 1 saturated carbocycles. The van der Waals surface area contributed by atoms with Crippen LogP contribution in [0.3, 0.4) is 0 Å². The molecule has 0 amide bonds. The molecule has 68 valence electrons. The first kappa shape index (κ1) is 10.1. The maximum atomic E-state index is 9.72. The van der Waals surface area contributed by atoms with Gasteiger partial charge in [0, 0.05) is 0 Å². The third-order valence-corrected chi connectivity index (χ3v) is 3.42. The molecule has 0 bridgehead atoms. The van der Waals surface area contributed by atoms with E-state index in [1.165, 1.54) is 0 Å². The van der Waals surface area contributed by atoms with Crippen LogP contribution in [0.15, 0.2) is 0 Å². The minimum atomic E-state index is -0.0680. The molecule has 0 aliphatic heterocycles. The van der Waals surface area contributed by atoms with E-state index < -0.39 is 0 Å². The monoisotopic (exact) mass is 166 g/mol. The zero-order chi connectivity index (χ0) is 9.14. The molecule has 4 atom stereocenters. The average Bonchev–Trinajstić information content (AvgIpc) is 2.25. The molecule has 4 unspecified atom stereocenters. The fraction of sp³-hybridized carbons (Fsp3) is 1.00. The Labute approximate surface area is 77.0 Å². The predicted octanol–water partition coefficient (Wildman–Crippen LogP) is 2.01. The summed E-state index contributed by atoms with van der Waals surface area (Å²) in [6, 6.07) is 0. The summed E-state index contributed by atoms with van der Waals surface area (Å²) in [4.78, 5) is 0. The van der Waals surface area contributed by atoms with Crippen LogP contribution in [0.1, 0.15) is 33.1 Å². The zero-order valence-corrected chi connectivity index (χ0v) is 8.16. The Morgan fingerprint density at radius 3 is 2.50 bits per heavy atom. The van der Waals surface area contributed by atoms with Gasteiger partial charge < -0.3 is 5.11 Å². The predicted molar refractivity (Wildman–Crippen MR) is 52.2 cm³/mol. The molecule has 1 rings (SSSR count). The maximum Gasteiger partial charge on any atom is 0.0653 e. The van der Waals surface area contributed by atoms with Crippen LogP contribution >= 0.6 is 0 Å². The number of aliphatic hydroxyl groups excluding tert-OH is 1. The van der Waals surface area contributed by atoms with E-state index in [0.29, 0.717) is 17.8 Å². The van der Waals surface area contributed by atoms with Gasteiger partial charge in [-0.25, -0.2) is 0 Å². The lowest BCUT2D eigenvalue weighted by molar-refractivity contribution is 0.114. The van der Waals surface area contributed by atoms with Crippen LogP contribution in [0.2, 0.25) is 6.32 Å². The highest BCUT2D eigenvalue weighted by molar-refractivity contribution is 6.08. The molecule has 1 aliphatic rings. The number of hydrogen-bond acceptors (Lipinski definition) is 1. The number of hydrogen-bond donors (Lipinski definition) is 1. The molecule has 1 fully saturated rings. The van der Waals surface area contributed by atoms with Crippen molar-refractivity contribution < 1.29 is 5.11 Å². The van der Waals surface area contributed by atoms with Gasteiger partial charge in [0.2, 0.25) is 0 Å². The van der Waals surface area contributed by atoms with E-state index in [-0.39, 0.29) is 6.10 Å². The van der Waals surface area contributed by atoms with Crippen LogP contribution < -0.4 is 0 Å². The minimum Gasteiger partial charge on any atom is -0.393 e. The van der Waals surface area contributed by atoms with Crippen molar-refractivity contribution >= 4 is 7.85 Å². The molecule has 2 heteroatoms. The quantitative estimate of drug-likeness (QED) is 0.635. The van der Waals surface area contributed by atoms with E-state index in [1.807, 2.05) is 0 Å². The summed E-state index contributed by atoms with van der Waals surface area (Å²) in [5.41, 5.74) is 0.